The van der Waals surface area contributed by atoms with E-state index in [0.717, 1.165) is 6.92 Å². The molecule has 2 rings (SSSR count). The van der Waals surface area contributed by atoms with Crippen LogP contribution in [0.1, 0.15) is 17.3 Å². The van der Waals surface area contributed by atoms with Gasteiger partial charge in [0.1, 0.15) is 0 Å². The predicted octanol–water partition coefficient (Wildman–Crippen LogP) is 1.35. The van der Waals surface area contributed by atoms with Gasteiger partial charge in [-0.25, -0.2) is 13.1 Å². The Kier molecular flexibility index (Phi) is 4.65. The van der Waals surface area contributed by atoms with Crippen molar-refractivity contribution in [3.8, 4) is 0 Å². The fraction of sp³-hybridized carbons (Fsp3) is 0.0667. The van der Waals surface area contributed by atoms with Gasteiger partial charge >= 0.3 is 0 Å². The number of carbonyl (C=O) groups excluding carboxylic acids is 2. The number of anilines is 2. The van der Waals surface area contributed by atoms with Crippen LogP contribution in [-0.2, 0) is 14.8 Å². The topological polar surface area (TPSA) is 118 Å². The first kappa shape index (κ1) is 16.5. The van der Waals surface area contributed by atoms with Crippen LogP contribution in [0.15, 0.2) is 53.4 Å². The van der Waals surface area contributed by atoms with Gasteiger partial charge in [0.15, 0.2) is 0 Å². The summed E-state index contributed by atoms with van der Waals surface area (Å²) < 4.78 is 25.5. The molecule has 0 radical (unpaired) electrons. The average molecular weight is 333 g/mol. The Morgan fingerprint density at radius 1 is 1.04 bits per heavy atom. The predicted molar refractivity (Wildman–Crippen MR) is 86.3 cm³/mol. The van der Waals surface area contributed by atoms with Crippen LogP contribution in [0.3, 0.4) is 0 Å². The van der Waals surface area contributed by atoms with Crippen LogP contribution in [0.25, 0.3) is 0 Å². The summed E-state index contributed by atoms with van der Waals surface area (Å²) in [6, 6.07) is 11.9. The molecule has 120 valence electrons. The van der Waals surface area contributed by atoms with Crippen LogP contribution in [-0.4, -0.2) is 20.2 Å². The van der Waals surface area contributed by atoms with Gasteiger partial charge < -0.3 is 11.1 Å². The van der Waals surface area contributed by atoms with Crippen molar-refractivity contribution in [2.24, 2.45) is 0 Å². The van der Waals surface area contributed by atoms with Crippen molar-refractivity contribution in [3.05, 3.63) is 54.1 Å². The molecular weight excluding hydrogens is 318 g/mol. The van der Waals surface area contributed by atoms with E-state index < -0.39 is 15.9 Å². The van der Waals surface area contributed by atoms with E-state index in [0.29, 0.717) is 16.9 Å². The van der Waals surface area contributed by atoms with Crippen molar-refractivity contribution in [3.63, 3.8) is 0 Å². The fourth-order valence-corrected chi connectivity index (χ4v) is 2.84. The van der Waals surface area contributed by atoms with Crippen molar-refractivity contribution >= 4 is 33.2 Å². The van der Waals surface area contributed by atoms with Crippen molar-refractivity contribution in [1.29, 1.82) is 0 Å². The SMILES string of the molecule is CC(=O)NS(=O)(=O)c1ccc(NC(=O)c2cccc(N)c2)cc1. The fourth-order valence-electron chi connectivity index (χ4n) is 1.85. The Balaban J connectivity index is 2.14. The maximum Gasteiger partial charge on any atom is 0.264 e. The van der Waals surface area contributed by atoms with Crippen molar-refractivity contribution in [1.82, 2.24) is 4.72 Å². The van der Waals surface area contributed by atoms with Crippen LogP contribution in [0, 0.1) is 0 Å². The lowest BCUT2D eigenvalue weighted by atomic mass is 10.2. The molecule has 0 aliphatic carbocycles. The first-order chi connectivity index (χ1) is 10.8. The highest BCUT2D eigenvalue weighted by Gasteiger charge is 2.15. The van der Waals surface area contributed by atoms with Gasteiger partial charge in [-0.3, -0.25) is 9.59 Å². The number of benzene rings is 2. The van der Waals surface area contributed by atoms with E-state index in [1.54, 1.807) is 18.2 Å². The molecule has 0 aliphatic heterocycles. The molecule has 2 aromatic carbocycles. The Hall–Kier alpha value is -2.87. The monoisotopic (exact) mass is 333 g/mol. The number of amides is 2. The highest BCUT2D eigenvalue weighted by molar-refractivity contribution is 7.90. The largest absolute Gasteiger partial charge is 0.399 e. The lowest BCUT2D eigenvalue weighted by Gasteiger charge is -2.08. The van der Waals surface area contributed by atoms with E-state index in [1.807, 2.05) is 4.72 Å². The highest BCUT2D eigenvalue weighted by Crippen LogP contribution is 2.15. The standard InChI is InChI=1S/C15H15N3O4S/c1-10(19)18-23(21,22)14-7-5-13(6-8-14)17-15(20)11-3-2-4-12(16)9-11/h2-9H,16H2,1H3,(H,17,20)(H,18,19). The van der Waals surface area contributed by atoms with E-state index in [-0.39, 0.29) is 10.8 Å². The number of nitrogen functional groups attached to an aromatic ring is 1. The summed E-state index contributed by atoms with van der Waals surface area (Å²) in [6.07, 6.45) is 0. The first-order valence-electron chi connectivity index (χ1n) is 6.58. The zero-order valence-electron chi connectivity index (χ0n) is 12.2. The third kappa shape index (κ3) is 4.30. The second-order valence-electron chi connectivity index (χ2n) is 4.77. The van der Waals surface area contributed by atoms with Crippen LogP contribution >= 0.6 is 0 Å². The Labute approximate surface area is 133 Å². The molecule has 0 heterocycles. The number of hydrogen-bond donors (Lipinski definition) is 3. The molecule has 8 heteroatoms. The van der Waals surface area contributed by atoms with Gasteiger partial charge in [0.25, 0.3) is 15.9 Å². The third-order valence-corrected chi connectivity index (χ3v) is 4.30. The van der Waals surface area contributed by atoms with Gasteiger partial charge in [-0.15, -0.1) is 0 Å². The van der Waals surface area contributed by atoms with E-state index in [9.17, 15) is 18.0 Å². The maximum absolute atomic E-state index is 12.1. The lowest BCUT2D eigenvalue weighted by molar-refractivity contribution is -0.117. The molecule has 23 heavy (non-hydrogen) atoms. The van der Waals surface area contributed by atoms with Gasteiger partial charge in [-0.1, -0.05) is 6.07 Å². The smallest absolute Gasteiger partial charge is 0.264 e. The summed E-state index contributed by atoms with van der Waals surface area (Å²) in [6.45, 7) is 1.11. The normalized spacial score (nSPS) is 10.8. The lowest BCUT2D eigenvalue weighted by Crippen LogP contribution is -2.28. The average Bonchev–Trinajstić information content (AvgIpc) is 2.46. The quantitative estimate of drug-likeness (QED) is 0.730. The van der Waals surface area contributed by atoms with E-state index in [4.69, 9.17) is 5.73 Å². The molecule has 0 saturated heterocycles. The molecule has 0 saturated carbocycles. The molecule has 2 aromatic rings. The zero-order valence-corrected chi connectivity index (χ0v) is 13.1. The van der Waals surface area contributed by atoms with Gasteiger partial charge in [-0.2, -0.15) is 0 Å². The van der Waals surface area contributed by atoms with Gasteiger partial charge in [0.05, 0.1) is 4.90 Å². The summed E-state index contributed by atoms with van der Waals surface area (Å²) in [7, 11) is -3.89. The molecule has 4 N–H and O–H groups in total. The minimum absolute atomic E-state index is 0.0744. The molecule has 0 atom stereocenters. The second-order valence-corrected chi connectivity index (χ2v) is 6.45. The molecule has 0 unspecified atom stereocenters. The van der Waals surface area contributed by atoms with E-state index in [1.165, 1.54) is 30.3 Å². The van der Waals surface area contributed by atoms with Crippen LogP contribution in [0.5, 0.6) is 0 Å². The van der Waals surface area contributed by atoms with Crippen LogP contribution < -0.4 is 15.8 Å². The maximum atomic E-state index is 12.1. The van der Waals surface area contributed by atoms with Crippen LogP contribution in [0.4, 0.5) is 11.4 Å². The van der Waals surface area contributed by atoms with Crippen molar-refractivity contribution in [2.45, 2.75) is 11.8 Å². The van der Waals surface area contributed by atoms with Crippen molar-refractivity contribution < 1.29 is 18.0 Å². The Morgan fingerprint density at radius 2 is 1.70 bits per heavy atom. The molecule has 0 aliphatic rings. The summed E-state index contributed by atoms with van der Waals surface area (Å²) in [5, 5.41) is 2.63. The first-order valence-corrected chi connectivity index (χ1v) is 8.06. The summed E-state index contributed by atoms with van der Waals surface area (Å²) in [5.41, 5.74) is 6.89. The number of carbonyl (C=O) groups is 2. The second kappa shape index (κ2) is 6.49. The summed E-state index contributed by atoms with van der Waals surface area (Å²) in [5.74, 6) is -1.04. The number of nitrogens with two attached hydrogens (primary N) is 1. The molecule has 7 nitrogen and oxygen atoms in total. The third-order valence-electron chi connectivity index (χ3n) is 2.85. The molecule has 0 spiro atoms. The molecule has 0 aromatic heterocycles. The Bertz CT molecular complexity index is 845. The molecule has 2 amide bonds. The van der Waals surface area contributed by atoms with Crippen LogP contribution in [0.2, 0.25) is 0 Å². The van der Waals surface area contributed by atoms with Crippen molar-refractivity contribution in [2.75, 3.05) is 11.1 Å². The van der Waals surface area contributed by atoms with E-state index in [2.05, 4.69) is 5.32 Å². The zero-order chi connectivity index (χ0) is 17.0. The van der Waals surface area contributed by atoms with Gasteiger partial charge in [0, 0.05) is 23.9 Å². The van der Waals surface area contributed by atoms with E-state index >= 15 is 0 Å². The highest BCUT2D eigenvalue weighted by atomic mass is 32.2. The number of hydrogen-bond acceptors (Lipinski definition) is 5. The number of nitrogens with one attached hydrogen (secondary N) is 2. The van der Waals surface area contributed by atoms with Gasteiger partial charge in [-0.05, 0) is 42.5 Å². The molecule has 0 fully saturated rings. The summed E-state index contributed by atoms with van der Waals surface area (Å²) in [4.78, 5) is 22.8. The number of sulfonamides is 1. The van der Waals surface area contributed by atoms with Gasteiger partial charge in [0.2, 0.25) is 5.91 Å². The number of rotatable bonds is 4. The minimum atomic E-state index is -3.89. The molecular formula is C15H15N3O4S. The minimum Gasteiger partial charge on any atom is -0.399 e. The Morgan fingerprint density at radius 3 is 2.26 bits per heavy atom. The molecule has 0 bridgehead atoms. The summed E-state index contributed by atoms with van der Waals surface area (Å²) >= 11 is 0.